The number of ether oxygens (including phenoxy) is 1. The Morgan fingerprint density at radius 2 is 2.07 bits per heavy atom. The molecule has 76 valence electrons. The summed E-state index contributed by atoms with van der Waals surface area (Å²) in [5.41, 5.74) is 2.39. The van der Waals surface area contributed by atoms with E-state index < -0.39 is 6.09 Å². The normalized spacial score (nSPS) is 9.64. The van der Waals surface area contributed by atoms with Crippen molar-refractivity contribution in [2.45, 2.75) is 13.8 Å². The zero-order valence-electron chi connectivity index (χ0n) is 8.42. The monoisotopic (exact) mass is 195 g/mol. The van der Waals surface area contributed by atoms with Gasteiger partial charge in [0.2, 0.25) is 0 Å². The van der Waals surface area contributed by atoms with Crippen LogP contribution in [0.3, 0.4) is 0 Å². The molecule has 0 saturated heterocycles. The first-order valence-corrected chi connectivity index (χ1v) is 4.19. The van der Waals surface area contributed by atoms with E-state index in [0.29, 0.717) is 11.4 Å². The fourth-order valence-corrected chi connectivity index (χ4v) is 1.36. The lowest BCUT2D eigenvalue weighted by Gasteiger charge is -2.11. The van der Waals surface area contributed by atoms with Gasteiger partial charge in [0.15, 0.2) is 0 Å². The first-order valence-electron chi connectivity index (χ1n) is 4.19. The van der Waals surface area contributed by atoms with Gasteiger partial charge in [-0.1, -0.05) is 6.07 Å². The highest BCUT2D eigenvalue weighted by molar-refractivity contribution is 5.86. The van der Waals surface area contributed by atoms with E-state index in [0.717, 1.165) is 11.1 Å². The number of aryl methyl sites for hydroxylation is 2. The van der Waals surface area contributed by atoms with Crippen LogP contribution in [0.25, 0.3) is 0 Å². The van der Waals surface area contributed by atoms with Crippen LogP contribution in [-0.2, 0) is 0 Å². The average Bonchev–Trinajstić information content (AvgIpc) is 2.08. The van der Waals surface area contributed by atoms with E-state index in [1.807, 2.05) is 19.9 Å². The molecule has 1 rings (SSSR count). The second kappa shape index (κ2) is 4.00. The van der Waals surface area contributed by atoms with Crippen LogP contribution in [0.1, 0.15) is 11.1 Å². The maximum Gasteiger partial charge on any atom is 0.409 e. The Hall–Kier alpha value is -1.71. The van der Waals surface area contributed by atoms with Crippen molar-refractivity contribution in [3.05, 3.63) is 23.3 Å². The summed E-state index contributed by atoms with van der Waals surface area (Å²) in [6.07, 6.45) is -1.09. The lowest BCUT2D eigenvalue weighted by molar-refractivity contribution is 0.209. The smallest absolute Gasteiger partial charge is 0.409 e. The summed E-state index contributed by atoms with van der Waals surface area (Å²) < 4.78 is 5.08. The number of rotatable bonds is 2. The number of carbonyl (C=O) groups is 1. The van der Waals surface area contributed by atoms with E-state index in [-0.39, 0.29) is 0 Å². The molecule has 0 aliphatic heterocycles. The minimum absolute atomic E-state index is 0.505. The first kappa shape index (κ1) is 10.4. The predicted molar refractivity (Wildman–Crippen MR) is 54.1 cm³/mol. The van der Waals surface area contributed by atoms with Crippen LogP contribution < -0.4 is 10.1 Å². The fraction of sp³-hybridized carbons (Fsp3) is 0.300. The van der Waals surface area contributed by atoms with E-state index in [4.69, 9.17) is 9.84 Å². The quantitative estimate of drug-likeness (QED) is 0.761. The number of anilines is 1. The van der Waals surface area contributed by atoms with Crippen LogP contribution in [0.4, 0.5) is 10.5 Å². The molecule has 0 aliphatic rings. The second-order valence-corrected chi connectivity index (χ2v) is 3.09. The van der Waals surface area contributed by atoms with Gasteiger partial charge in [0.05, 0.1) is 12.8 Å². The topological polar surface area (TPSA) is 58.6 Å². The standard InChI is InChI=1S/C10H13NO3/c1-6-4-7(2)9(11-10(12)13)8(5-6)14-3/h4-5,11H,1-3H3,(H,12,13). The largest absolute Gasteiger partial charge is 0.495 e. The summed E-state index contributed by atoms with van der Waals surface area (Å²) in [6, 6.07) is 3.69. The zero-order chi connectivity index (χ0) is 10.7. The molecule has 0 aliphatic carbocycles. The molecule has 14 heavy (non-hydrogen) atoms. The number of hydrogen-bond acceptors (Lipinski definition) is 2. The van der Waals surface area contributed by atoms with Crippen molar-refractivity contribution in [1.82, 2.24) is 0 Å². The third-order valence-electron chi connectivity index (χ3n) is 1.90. The molecule has 1 aromatic carbocycles. The van der Waals surface area contributed by atoms with E-state index in [9.17, 15) is 4.79 Å². The Labute approximate surface area is 82.5 Å². The molecule has 1 aromatic rings. The molecule has 0 fully saturated rings. The van der Waals surface area contributed by atoms with Gasteiger partial charge in [0, 0.05) is 0 Å². The third kappa shape index (κ3) is 2.16. The zero-order valence-corrected chi connectivity index (χ0v) is 8.42. The first-order chi connectivity index (χ1) is 6.54. The number of benzene rings is 1. The summed E-state index contributed by atoms with van der Waals surface area (Å²) >= 11 is 0. The molecule has 0 heterocycles. The Bertz CT molecular complexity index is 361. The van der Waals surface area contributed by atoms with Crippen molar-refractivity contribution in [2.75, 3.05) is 12.4 Å². The van der Waals surface area contributed by atoms with Gasteiger partial charge in [-0.05, 0) is 31.0 Å². The molecule has 0 unspecified atom stereocenters. The van der Waals surface area contributed by atoms with Crippen LogP contribution in [0.15, 0.2) is 12.1 Å². The highest BCUT2D eigenvalue weighted by Crippen LogP contribution is 2.29. The molecule has 4 heteroatoms. The Kier molecular flexibility index (Phi) is 2.96. The summed E-state index contributed by atoms with van der Waals surface area (Å²) in [5, 5.41) is 10.9. The Balaban J connectivity index is 3.18. The maximum absolute atomic E-state index is 10.5. The molecule has 0 spiro atoms. The van der Waals surface area contributed by atoms with E-state index in [1.54, 1.807) is 6.07 Å². The van der Waals surface area contributed by atoms with Gasteiger partial charge < -0.3 is 9.84 Å². The van der Waals surface area contributed by atoms with Crippen LogP contribution in [0.5, 0.6) is 5.75 Å². The van der Waals surface area contributed by atoms with Crippen molar-refractivity contribution >= 4 is 11.8 Å². The molecular weight excluding hydrogens is 182 g/mol. The van der Waals surface area contributed by atoms with Gasteiger partial charge in [-0.25, -0.2) is 4.79 Å². The molecule has 4 nitrogen and oxygen atoms in total. The molecule has 0 atom stereocenters. The number of carboxylic acid groups (broad SMARTS) is 1. The number of hydrogen-bond donors (Lipinski definition) is 2. The molecule has 2 N–H and O–H groups in total. The van der Waals surface area contributed by atoms with Crippen molar-refractivity contribution in [1.29, 1.82) is 0 Å². The number of amides is 1. The van der Waals surface area contributed by atoms with Gasteiger partial charge >= 0.3 is 6.09 Å². The Morgan fingerprint density at radius 3 is 2.57 bits per heavy atom. The van der Waals surface area contributed by atoms with Gasteiger partial charge in [-0.2, -0.15) is 0 Å². The van der Waals surface area contributed by atoms with Crippen molar-refractivity contribution in [3.63, 3.8) is 0 Å². The van der Waals surface area contributed by atoms with Gasteiger partial charge in [-0.15, -0.1) is 0 Å². The lowest BCUT2D eigenvalue weighted by Crippen LogP contribution is -2.10. The summed E-state index contributed by atoms with van der Waals surface area (Å²) in [4.78, 5) is 10.5. The molecule has 1 amide bonds. The van der Waals surface area contributed by atoms with Crippen LogP contribution in [0.2, 0.25) is 0 Å². The van der Waals surface area contributed by atoms with E-state index in [1.165, 1.54) is 7.11 Å². The van der Waals surface area contributed by atoms with Crippen LogP contribution >= 0.6 is 0 Å². The molecule has 0 aromatic heterocycles. The minimum Gasteiger partial charge on any atom is -0.495 e. The molecular formula is C10H13NO3. The molecule has 0 radical (unpaired) electrons. The van der Waals surface area contributed by atoms with Crippen LogP contribution in [0, 0.1) is 13.8 Å². The Morgan fingerprint density at radius 1 is 1.43 bits per heavy atom. The highest BCUT2D eigenvalue weighted by Gasteiger charge is 2.09. The number of nitrogens with one attached hydrogen (secondary N) is 1. The number of methoxy groups -OCH3 is 1. The van der Waals surface area contributed by atoms with Crippen LogP contribution in [-0.4, -0.2) is 18.3 Å². The van der Waals surface area contributed by atoms with Crippen molar-refractivity contribution < 1.29 is 14.6 Å². The fourth-order valence-electron chi connectivity index (χ4n) is 1.36. The van der Waals surface area contributed by atoms with Gasteiger partial charge in [0.25, 0.3) is 0 Å². The van der Waals surface area contributed by atoms with Gasteiger partial charge in [0.1, 0.15) is 5.75 Å². The average molecular weight is 195 g/mol. The highest BCUT2D eigenvalue weighted by atomic mass is 16.5. The van der Waals surface area contributed by atoms with E-state index in [2.05, 4.69) is 5.32 Å². The summed E-state index contributed by atoms with van der Waals surface area (Å²) in [7, 11) is 1.52. The molecule has 0 saturated carbocycles. The molecule has 0 bridgehead atoms. The summed E-state index contributed by atoms with van der Waals surface area (Å²) in [5.74, 6) is 0.546. The summed E-state index contributed by atoms with van der Waals surface area (Å²) in [6.45, 7) is 3.76. The SMILES string of the molecule is COc1cc(C)cc(C)c1NC(=O)O. The lowest BCUT2D eigenvalue weighted by atomic mass is 10.1. The second-order valence-electron chi connectivity index (χ2n) is 3.09. The predicted octanol–water partition coefficient (Wildman–Crippen LogP) is 2.40. The van der Waals surface area contributed by atoms with Crippen molar-refractivity contribution in [2.24, 2.45) is 0 Å². The maximum atomic E-state index is 10.5. The van der Waals surface area contributed by atoms with Crippen molar-refractivity contribution in [3.8, 4) is 5.75 Å². The van der Waals surface area contributed by atoms with E-state index >= 15 is 0 Å². The minimum atomic E-state index is -1.09. The third-order valence-corrected chi connectivity index (χ3v) is 1.90. The van der Waals surface area contributed by atoms with Gasteiger partial charge in [-0.3, -0.25) is 5.32 Å².